The number of methoxy groups -OCH3 is 1. The van der Waals surface area contributed by atoms with E-state index in [9.17, 15) is 4.79 Å². The van der Waals surface area contributed by atoms with Crippen LogP contribution in [0.15, 0.2) is 24.3 Å². The molecule has 2 heterocycles. The first-order chi connectivity index (χ1) is 10.6. The van der Waals surface area contributed by atoms with Crippen LogP contribution in [-0.4, -0.2) is 43.6 Å². The van der Waals surface area contributed by atoms with E-state index >= 15 is 0 Å². The first-order valence-electron chi connectivity index (χ1n) is 8.24. The molecule has 120 valence electrons. The van der Waals surface area contributed by atoms with Crippen LogP contribution < -0.4 is 10.1 Å². The minimum atomic E-state index is -0.283. The number of likely N-dealkylation sites (tertiary alicyclic amines) is 1. The van der Waals surface area contributed by atoms with Gasteiger partial charge in [0.1, 0.15) is 5.75 Å². The van der Waals surface area contributed by atoms with Gasteiger partial charge in [-0.3, -0.25) is 4.79 Å². The fourth-order valence-corrected chi connectivity index (χ4v) is 4.03. The van der Waals surface area contributed by atoms with Gasteiger partial charge in [0, 0.05) is 25.0 Å². The second-order valence-corrected chi connectivity index (χ2v) is 6.82. The first-order valence-corrected chi connectivity index (χ1v) is 8.24. The van der Waals surface area contributed by atoms with Crippen LogP contribution in [0.3, 0.4) is 0 Å². The summed E-state index contributed by atoms with van der Waals surface area (Å²) in [5, 5.41) is 3.46. The fourth-order valence-electron chi connectivity index (χ4n) is 4.03. The Hall–Kier alpha value is -1.55. The molecule has 2 unspecified atom stereocenters. The second-order valence-electron chi connectivity index (χ2n) is 6.82. The lowest BCUT2D eigenvalue weighted by atomic mass is 9.69. The van der Waals surface area contributed by atoms with Crippen molar-refractivity contribution >= 4 is 5.91 Å². The van der Waals surface area contributed by atoms with Crippen LogP contribution in [0.25, 0.3) is 0 Å². The van der Waals surface area contributed by atoms with Gasteiger partial charge in [-0.1, -0.05) is 12.1 Å². The van der Waals surface area contributed by atoms with Crippen LogP contribution in [0, 0.1) is 5.41 Å². The van der Waals surface area contributed by atoms with Crippen molar-refractivity contribution in [2.24, 2.45) is 5.41 Å². The van der Waals surface area contributed by atoms with Crippen molar-refractivity contribution in [1.29, 1.82) is 0 Å². The number of hydrogen-bond donors (Lipinski definition) is 1. The molecule has 1 aromatic rings. The van der Waals surface area contributed by atoms with Gasteiger partial charge in [0.15, 0.2) is 0 Å². The van der Waals surface area contributed by atoms with E-state index < -0.39 is 0 Å². The highest BCUT2D eigenvalue weighted by Gasteiger charge is 2.54. The summed E-state index contributed by atoms with van der Waals surface area (Å²) in [6.07, 6.45) is 2.04. The average Bonchev–Trinajstić information content (AvgIpc) is 2.81. The quantitative estimate of drug-likeness (QED) is 0.932. The third-order valence-electron chi connectivity index (χ3n) is 5.27. The number of hydrogen-bond acceptors (Lipinski definition) is 3. The van der Waals surface area contributed by atoms with E-state index in [0.717, 1.165) is 38.2 Å². The third-order valence-corrected chi connectivity index (χ3v) is 5.27. The van der Waals surface area contributed by atoms with Crippen molar-refractivity contribution in [2.45, 2.75) is 38.6 Å². The van der Waals surface area contributed by atoms with Gasteiger partial charge < -0.3 is 15.0 Å². The molecule has 0 bridgehead atoms. The van der Waals surface area contributed by atoms with Gasteiger partial charge in [0.05, 0.1) is 12.5 Å². The molecule has 0 aromatic heterocycles. The van der Waals surface area contributed by atoms with Crippen molar-refractivity contribution < 1.29 is 9.53 Å². The summed E-state index contributed by atoms with van der Waals surface area (Å²) in [4.78, 5) is 15.2. The lowest BCUT2D eigenvalue weighted by molar-refractivity contribution is -0.138. The Morgan fingerprint density at radius 1 is 1.41 bits per heavy atom. The molecule has 1 spiro atoms. The Morgan fingerprint density at radius 2 is 2.23 bits per heavy atom. The molecule has 0 aliphatic carbocycles. The van der Waals surface area contributed by atoms with Gasteiger partial charge in [-0.25, -0.2) is 0 Å². The lowest BCUT2D eigenvalue weighted by Crippen LogP contribution is -2.48. The molecule has 22 heavy (non-hydrogen) atoms. The number of carbonyl (C=O) groups excluding carboxylic acids is 1. The smallest absolute Gasteiger partial charge is 0.231 e. The van der Waals surface area contributed by atoms with E-state index in [1.165, 1.54) is 5.56 Å². The summed E-state index contributed by atoms with van der Waals surface area (Å²) in [5.41, 5.74) is 0.939. The Morgan fingerprint density at radius 3 is 2.86 bits per heavy atom. The number of rotatable bonds is 3. The zero-order chi connectivity index (χ0) is 15.7. The molecule has 0 saturated carbocycles. The molecule has 2 aliphatic rings. The van der Waals surface area contributed by atoms with E-state index in [1.54, 1.807) is 7.11 Å². The van der Waals surface area contributed by atoms with Gasteiger partial charge >= 0.3 is 0 Å². The Balaban J connectivity index is 2.01. The molecule has 2 saturated heterocycles. The van der Waals surface area contributed by atoms with Crippen LogP contribution in [0.4, 0.5) is 0 Å². The molecular weight excluding hydrogens is 276 g/mol. The molecule has 4 heteroatoms. The molecule has 4 nitrogen and oxygen atoms in total. The third kappa shape index (κ3) is 2.39. The van der Waals surface area contributed by atoms with Crippen LogP contribution >= 0.6 is 0 Å². The van der Waals surface area contributed by atoms with Crippen LogP contribution in [0.2, 0.25) is 0 Å². The zero-order valence-electron chi connectivity index (χ0n) is 13.8. The Bertz CT molecular complexity index is 550. The highest BCUT2D eigenvalue weighted by molar-refractivity contribution is 5.87. The highest BCUT2D eigenvalue weighted by Crippen LogP contribution is 2.48. The van der Waals surface area contributed by atoms with Crippen molar-refractivity contribution in [2.75, 3.05) is 26.7 Å². The Kier molecular flexibility index (Phi) is 4.13. The van der Waals surface area contributed by atoms with E-state index in [0.29, 0.717) is 5.91 Å². The number of nitrogens with one attached hydrogen (secondary N) is 1. The lowest BCUT2D eigenvalue weighted by Gasteiger charge is -2.37. The van der Waals surface area contributed by atoms with E-state index in [1.807, 2.05) is 12.1 Å². The van der Waals surface area contributed by atoms with Crippen molar-refractivity contribution in [1.82, 2.24) is 10.2 Å². The maximum absolute atomic E-state index is 13.1. The molecule has 2 atom stereocenters. The maximum Gasteiger partial charge on any atom is 0.231 e. The SMILES string of the molecule is COc1cccc(C2CN(C(C)C)C(=O)C23CCCNC3)c1. The van der Waals surface area contributed by atoms with Gasteiger partial charge in [0.25, 0.3) is 0 Å². The van der Waals surface area contributed by atoms with Crippen LogP contribution in [0.5, 0.6) is 5.75 Å². The van der Waals surface area contributed by atoms with Crippen molar-refractivity contribution in [3.8, 4) is 5.75 Å². The summed E-state index contributed by atoms with van der Waals surface area (Å²) in [5.74, 6) is 1.43. The topological polar surface area (TPSA) is 41.6 Å². The largest absolute Gasteiger partial charge is 0.497 e. The molecule has 1 amide bonds. The van der Waals surface area contributed by atoms with Gasteiger partial charge in [-0.05, 0) is 50.9 Å². The fraction of sp³-hybridized carbons (Fsp3) is 0.611. The zero-order valence-corrected chi connectivity index (χ0v) is 13.8. The summed E-state index contributed by atoms with van der Waals surface area (Å²) < 4.78 is 5.38. The van der Waals surface area contributed by atoms with Gasteiger partial charge in [-0.15, -0.1) is 0 Å². The number of piperidine rings is 1. The second kappa shape index (κ2) is 5.92. The molecule has 1 N–H and O–H groups in total. The standard InChI is InChI=1S/C18H26N2O2/c1-13(2)20-11-16(14-6-4-7-15(10-14)22-3)18(17(20)21)8-5-9-19-12-18/h4,6-7,10,13,16,19H,5,8-9,11-12H2,1-3H3. The summed E-state index contributed by atoms with van der Waals surface area (Å²) in [6.45, 7) is 6.83. The number of amides is 1. The van der Waals surface area contributed by atoms with Crippen LogP contribution in [0.1, 0.15) is 38.2 Å². The number of nitrogens with zero attached hydrogens (tertiary/aromatic N) is 1. The van der Waals surface area contributed by atoms with Crippen molar-refractivity contribution in [3.63, 3.8) is 0 Å². The first kappa shape index (κ1) is 15.3. The molecule has 3 rings (SSSR count). The van der Waals surface area contributed by atoms with E-state index in [2.05, 4.69) is 36.2 Å². The summed E-state index contributed by atoms with van der Waals surface area (Å²) in [6, 6.07) is 8.48. The number of carbonyl (C=O) groups is 1. The molecule has 0 radical (unpaired) electrons. The predicted octanol–water partition coefficient (Wildman–Crippen LogP) is 2.40. The molecule has 2 aliphatic heterocycles. The van der Waals surface area contributed by atoms with E-state index in [-0.39, 0.29) is 17.4 Å². The Labute approximate surface area is 132 Å². The summed E-state index contributed by atoms with van der Waals surface area (Å²) in [7, 11) is 1.69. The van der Waals surface area contributed by atoms with E-state index in [4.69, 9.17) is 4.74 Å². The molecule has 2 fully saturated rings. The minimum absolute atomic E-state index is 0.241. The van der Waals surface area contributed by atoms with Gasteiger partial charge in [-0.2, -0.15) is 0 Å². The van der Waals surface area contributed by atoms with Gasteiger partial charge in [0.2, 0.25) is 5.91 Å². The summed E-state index contributed by atoms with van der Waals surface area (Å²) >= 11 is 0. The highest BCUT2D eigenvalue weighted by atomic mass is 16.5. The minimum Gasteiger partial charge on any atom is -0.497 e. The molecular formula is C18H26N2O2. The average molecular weight is 302 g/mol. The normalized spacial score (nSPS) is 28.6. The predicted molar refractivity (Wildman–Crippen MR) is 87.1 cm³/mol. The van der Waals surface area contributed by atoms with Crippen molar-refractivity contribution in [3.05, 3.63) is 29.8 Å². The maximum atomic E-state index is 13.1. The van der Waals surface area contributed by atoms with Crippen LogP contribution in [-0.2, 0) is 4.79 Å². The number of benzene rings is 1. The molecule has 1 aromatic carbocycles. The number of ether oxygens (including phenoxy) is 1. The monoisotopic (exact) mass is 302 g/mol.